The Bertz CT molecular complexity index is 714. The summed E-state index contributed by atoms with van der Waals surface area (Å²) in [5.41, 5.74) is 2.47. The number of hydrogen-bond acceptors (Lipinski definition) is 3. The van der Waals surface area contributed by atoms with Gasteiger partial charge in [-0.1, -0.05) is 0 Å². The zero-order valence-electron chi connectivity index (χ0n) is 14.7. The Kier molecular flexibility index (Phi) is 4.91. The zero-order valence-corrected chi connectivity index (χ0v) is 17.6. The van der Waals surface area contributed by atoms with Crippen LogP contribution < -0.4 is 8.48 Å². The Morgan fingerprint density at radius 2 is 2.17 bits per heavy atom. The maximum absolute atomic E-state index is 12.7. The van der Waals surface area contributed by atoms with E-state index in [1.165, 1.54) is 14.8 Å². The van der Waals surface area contributed by atoms with E-state index in [-0.39, 0.29) is 11.9 Å². The van der Waals surface area contributed by atoms with Crippen molar-refractivity contribution >= 4 is 39.6 Å². The van der Waals surface area contributed by atoms with E-state index >= 15 is 0 Å². The van der Waals surface area contributed by atoms with Crippen molar-refractivity contribution in [3.05, 3.63) is 29.8 Å². The number of nitrogens with zero attached hydrogens (tertiary/aromatic N) is 3. The van der Waals surface area contributed by atoms with Crippen molar-refractivity contribution in [3.63, 3.8) is 0 Å². The van der Waals surface area contributed by atoms with Gasteiger partial charge in [0.25, 0.3) is 0 Å². The number of rotatable bonds is 3. The summed E-state index contributed by atoms with van der Waals surface area (Å²) in [5, 5.41) is 9.21. The number of amides is 1. The standard InChI is InChI=1S/C16H16N3O.3CH3.Sn/c17-11-14-7-4-10-19(14)16(20)12-18-9-3-6-13-5-1-2-8-15(13)18;;;;/h1-3,6,8,14H,4,7,9-10,12H2;3*1H3;/t14-;;;;/m0..../s1. The van der Waals surface area contributed by atoms with Crippen LogP contribution in [0.25, 0.3) is 6.08 Å². The van der Waals surface area contributed by atoms with Gasteiger partial charge in [-0.3, -0.25) is 0 Å². The van der Waals surface area contributed by atoms with Crippen LogP contribution in [0.2, 0.25) is 14.8 Å². The predicted octanol–water partition coefficient (Wildman–Crippen LogP) is 2.58. The van der Waals surface area contributed by atoms with Crippen LogP contribution in [0.5, 0.6) is 0 Å². The molecule has 0 unspecified atom stereocenters. The fraction of sp³-hybridized carbons (Fsp3) is 0.474. The molecule has 2 aliphatic heterocycles. The molecular formula is C19H25N3OSn. The Hall–Kier alpha value is -1.48. The van der Waals surface area contributed by atoms with Gasteiger partial charge in [-0.15, -0.1) is 0 Å². The van der Waals surface area contributed by atoms with E-state index in [9.17, 15) is 10.1 Å². The van der Waals surface area contributed by atoms with Gasteiger partial charge >= 0.3 is 149 Å². The molecule has 3 rings (SSSR count). The first kappa shape index (κ1) is 17.3. The Labute approximate surface area is 148 Å². The van der Waals surface area contributed by atoms with Gasteiger partial charge in [0.05, 0.1) is 0 Å². The Balaban J connectivity index is 1.85. The Morgan fingerprint density at radius 3 is 2.88 bits per heavy atom. The molecule has 0 bridgehead atoms. The van der Waals surface area contributed by atoms with Crippen LogP contribution in [-0.2, 0) is 4.79 Å². The van der Waals surface area contributed by atoms with E-state index in [0.29, 0.717) is 13.1 Å². The van der Waals surface area contributed by atoms with Crippen molar-refractivity contribution in [1.82, 2.24) is 4.90 Å². The van der Waals surface area contributed by atoms with Crippen molar-refractivity contribution in [2.24, 2.45) is 0 Å². The van der Waals surface area contributed by atoms with Gasteiger partial charge in [0, 0.05) is 0 Å². The van der Waals surface area contributed by atoms with Crippen molar-refractivity contribution < 1.29 is 4.79 Å². The number of fused-ring (bicyclic) bond motifs is 1. The molecule has 1 amide bonds. The minimum absolute atomic E-state index is 0.0741. The molecular weight excluding hydrogens is 405 g/mol. The van der Waals surface area contributed by atoms with Crippen LogP contribution in [0.15, 0.2) is 24.3 Å². The summed E-state index contributed by atoms with van der Waals surface area (Å²) >= 11 is -2.21. The molecule has 1 aromatic carbocycles. The molecule has 2 heterocycles. The predicted molar refractivity (Wildman–Crippen MR) is 101 cm³/mol. The van der Waals surface area contributed by atoms with E-state index in [1.807, 2.05) is 0 Å². The first-order chi connectivity index (χ1) is 11.4. The van der Waals surface area contributed by atoms with Gasteiger partial charge in [-0.2, -0.15) is 0 Å². The van der Waals surface area contributed by atoms with Crippen LogP contribution in [0.1, 0.15) is 18.4 Å². The molecule has 1 saturated heterocycles. The van der Waals surface area contributed by atoms with Crippen LogP contribution in [0.4, 0.5) is 5.69 Å². The van der Waals surface area contributed by atoms with Crippen molar-refractivity contribution in [1.29, 1.82) is 5.26 Å². The molecule has 0 aromatic heterocycles. The first-order valence-corrected chi connectivity index (χ1v) is 18.6. The number of anilines is 1. The van der Waals surface area contributed by atoms with Crippen molar-refractivity contribution in [2.45, 2.75) is 33.7 Å². The van der Waals surface area contributed by atoms with E-state index < -0.39 is 18.4 Å². The third-order valence-electron chi connectivity index (χ3n) is 4.89. The molecule has 5 heteroatoms. The number of carbonyl (C=O) groups is 1. The summed E-state index contributed by atoms with van der Waals surface area (Å²) in [6, 6.07) is 8.53. The summed E-state index contributed by atoms with van der Waals surface area (Å²) in [7, 11) is 0. The summed E-state index contributed by atoms with van der Waals surface area (Å²) in [6.07, 6.45) is 6.12. The molecule has 0 radical (unpaired) electrons. The molecule has 1 aromatic rings. The third kappa shape index (κ3) is 3.32. The molecule has 2 aliphatic rings. The summed E-state index contributed by atoms with van der Waals surface area (Å²) in [6.45, 7) is 1.83. The van der Waals surface area contributed by atoms with E-state index in [2.05, 4.69) is 56.1 Å². The number of hydrogen-bond donors (Lipinski definition) is 0. The third-order valence-corrected chi connectivity index (χ3v) is 10.7. The second-order valence-corrected chi connectivity index (χ2v) is 22.0. The number of nitriles is 1. The van der Waals surface area contributed by atoms with Crippen LogP contribution in [0.3, 0.4) is 0 Å². The van der Waals surface area contributed by atoms with Gasteiger partial charge in [0.1, 0.15) is 0 Å². The van der Waals surface area contributed by atoms with Crippen molar-refractivity contribution in [2.75, 3.05) is 24.5 Å². The molecule has 0 spiro atoms. The average Bonchev–Trinajstić information content (AvgIpc) is 3.02. The van der Waals surface area contributed by atoms with Crippen LogP contribution >= 0.6 is 0 Å². The van der Waals surface area contributed by atoms with E-state index in [4.69, 9.17) is 0 Å². The molecule has 0 aliphatic carbocycles. The molecule has 126 valence electrons. The number of carbonyl (C=O) groups excluding carboxylic acids is 1. The van der Waals surface area contributed by atoms with E-state index in [1.54, 1.807) is 4.90 Å². The second kappa shape index (κ2) is 6.79. The van der Waals surface area contributed by atoms with Gasteiger partial charge in [-0.25, -0.2) is 0 Å². The van der Waals surface area contributed by atoms with E-state index in [0.717, 1.165) is 19.4 Å². The molecule has 1 fully saturated rings. The molecule has 0 N–H and O–H groups in total. The summed E-state index contributed by atoms with van der Waals surface area (Å²) in [5.74, 6) is 0.0741. The average molecular weight is 430 g/mol. The minimum atomic E-state index is -2.21. The first-order valence-electron chi connectivity index (χ1n) is 8.66. The monoisotopic (exact) mass is 431 g/mol. The van der Waals surface area contributed by atoms with Crippen molar-refractivity contribution in [3.8, 4) is 6.07 Å². The quantitative estimate of drug-likeness (QED) is 0.693. The molecule has 1 atom stereocenters. The number of benzene rings is 1. The van der Waals surface area contributed by atoms with Gasteiger partial charge < -0.3 is 0 Å². The maximum atomic E-state index is 12.7. The zero-order chi connectivity index (χ0) is 17.3. The number of likely N-dealkylation sites (tertiary alicyclic amines) is 1. The van der Waals surface area contributed by atoms with Crippen LogP contribution in [0, 0.1) is 11.3 Å². The van der Waals surface area contributed by atoms with Gasteiger partial charge in [0.2, 0.25) is 0 Å². The molecule has 4 nitrogen and oxygen atoms in total. The van der Waals surface area contributed by atoms with Gasteiger partial charge in [0.15, 0.2) is 0 Å². The van der Waals surface area contributed by atoms with Gasteiger partial charge in [-0.05, 0) is 0 Å². The topological polar surface area (TPSA) is 47.3 Å². The summed E-state index contributed by atoms with van der Waals surface area (Å²) < 4.78 is 1.51. The summed E-state index contributed by atoms with van der Waals surface area (Å²) in [4.78, 5) is 23.9. The SMILES string of the molecule is [CH3][Sn]([CH3])([CH3])[c]1cccc2c1C=CCN2CC(=O)N1CCC[C@H]1C#N. The molecule has 24 heavy (non-hydrogen) atoms. The van der Waals surface area contributed by atoms with Crippen LogP contribution in [-0.4, -0.2) is 54.9 Å². The molecule has 0 saturated carbocycles. The second-order valence-electron chi connectivity index (χ2n) is 7.65. The normalized spacial score (nSPS) is 20.0. The fourth-order valence-corrected chi connectivity index (χ4v) is 8.27. The fourth-order valence-electron chi connectivity index (χ4n) is 3.66. The Morgan fingerprint density at radius 1 is 1.38 bits per heavy atom.